The van der Waals surface area contributed by atoms with Crippen LogP contribution in [0.5, 0.6) is 0 Å². The molecule has 2 atom stereocenters. The van der Waals surface area contributed by atoms with E-state index in [0.717, 1.165) is 25.9 Å². The van der Waals surface area contributed by atoms with Gasteiger partial charge >= 0.3 is 12.0 Å². The molecular weight excluding hydrogens is 264 g/mol. The number of aliphatic carboxylic acids is 1. The van der Waals surface area contributed by atoms with Crippen molar-refractivity contribution in [3.8, 4) is 0 Å². The highest BCUT2D eigenvalue weighted by Crippen LogP contribution is 2.15. The van der Waals surface area contributed by atoms with E-state index in [1.54, 1.807) is 0 Å². The number of amides is 2. The Bertz CT molecular complexity index is 344. The Morgan fingerprint density at radius 3 is 2.85 bits per heavy atom. The van der Waals surface area contributed by atoms with E-state index in [9.17, 15) is 9.59 Å². The van der Waals surface area contributed by atoms with Crippen LogP contribution in [0, 0.1) is 0 Å². The lowest BCUT2D eigenvalue weighted by molar-refractivity contribution is -0.147. The molecule has 0 bridgehead atoms. The summed E-state index contributed by atoms with van der Waals surface area (Å²) in [6, 6.07) is -1.23. The van der Waals surface area contributed by atoms with Gasteiger partial charge in [0.25, 0.3) is 0 Å². The number of carboxylic acid groups (broad SMARTS) is 1. The van der Waals surface area contributed by atoms with Gasteiger partial charge in [-0.15, -0.1) is 0 Å². The molecule has 2 amide bonds. The molecule has 2 rings (SSSR count). The number of carbonyl (C=O) groups is 2. The normalized spacial score (nSPS) is 27.1. The first-order chi connectivity index (χ1) is 9.68. The molecule has 2 unspecified atom stereocenters. The summed E-state index contributed by atoms with van der Waals surface area (Å²) in [7, 11) is 0. The van der Waals surface area contributed by atoms with E-state index in [2.05, 4.69) is 5.32 Å². The molecule has 2 fully saturated rings. The van der Waals surface area contributed by atoms with Crippen molar-refractivity contribution in [3.05, 3.63) is 0 Å². The minimum absolute atomic E-state index is 0.0501. The van der Waals surface area contributed by atoms with E-state index in [0.29, 0.717) is 19.7 Å². The SMILES string of the molecule is O=C(O)C1COCCN1C(=O)NCCC1CCCCO1. The maximum atomic E-state index is 12.0. The van der Waals surface area contributed by atoms with Crippen molar-refractivity contribution in [2.45, 2.75) is 37.8 Å². The van der Waals surface area contributed by atoms with Crippen LogP contribution in [0.1, 0.15) is 25.7 Å². The molecule has 7 heteroatoms. The number of carboxylic acids is 1. The number of hydrogen-bond donors (Lipinski definition) is 2. The molecule has 2 N–H and O–H groups in total. The van der Waals surface area contributed by atoms with Crippen LogP contribution in [-0.4, -0.2) is 67.1 Å². The minimum Gasteiger partial charge on any atom is -0.480 e. The topological polar surface area (TPSA) is 88.1 Å². The van der Waals surface area contributed by atoms with Crippen LogP contribution in [0.4, 0.5) is 4.79 Å². The van der Waals surface area contributed by atoms with Crippen LogP contribution in [0.3, 0.4) is 0 Å². The maximum absolute atomic E-state index is 12.0. The molecule has 0 spiro atoms. The number of carbonyl (C=O) groups excluding carboxylic acids is 1. The lowest BCUT2D eigenvalue weighted by Crippen LogP contribution is -2.55. The van der Waals surface area contributed by atoms with E-state index in [-0.39, 0.29) is 18.7 Å². The van der Waals surface area contributed by atoms with E-state index in [1.807, 2.05) is 0 Å². The summed E-state index contributed by atoms with van der Waals surface area (Å²) in [5.74, 6) is -1.03. The summed E-state index contributed by atoms with van der Waals surface area (Å²) in [6.07, 6.45) is 4.29. The lowest BCUT2D eigenvalue weighted by atomic mass is 10.1. The van der Waals surface area contributed by atoms with Crippen molar-refractivity contribution in [3.63, 3.8) is 0 Å². The molecule has 0 aromatic rings. The Labute approximate surface area is 118 Å². The highest BCUT2D eigenvalue weighted by molar-refractivity contribution is 5.82. The fourth-order valence-corrected chi connectivity index (χ4v) is 2.53. The summed E-state index contributed by atoms with van der Waals surface area (Å²) in [5.41, 5.74) is 0. The quantitative estimate of drug-likeness (QED) is 0.783. The van der Waals surface area contributed by atoms with Gasteiger partial charge in [0.1, 0.15) is 0 Å². The molecule has 114 valence electrons. The first-order valence-corrected chi connectivity index (χ1v) is 7.15. The molecule has 2 aliphatic rings. The maximum Gasteiger partial charge on any atom is 0.328 e. The number of hydrogen-bond acceptors (Lipinski definition) is 4. The van der Waals surface area contributed by atoms with Gasteiger partial charge < -0.3 is 24.8 Å². The van der Waals surface area contributed by atoms with Gasteiger partial charge in [0.05, 0.1) is 19.3 Å². The van der Waals surface area contributed by atoms with Crippen LogP contribution in [0.2, 0.25) is 0 Å². The average Bonchev–Trinajstić information content (AvgIpc) is 2.48. The Kier molecular flexibility index (Phi) is 5.60. The number of morpholine rings is 1. The van der Waals surface area contributed by atoms with Gasteiger partial charge in [0, 0.05) is 19.7 Å². The molecular formula is C13H22N2O5. The Balaban J connectivity index is 1.73. The third kappa shape index (κ3) is 4.08. The Morgan fingerprint density at radius 1 is 1.30 bits per heavy atom. The van der Waals surface area contributed by atoms with E-state index in [1.165, 1.54) is 11.3 Å². The molecule has 2 saturated heterocycles. The first kappa shape index (κ1) is 15.1. The van der Waals surface area contributed by atoms with Gasteiger partial charge in [-0.1, -0.05) is 0 Å². The lowest BCUT2D eigenvalue weighted by Gasteiger charge is -2.33. The van der Waals surface area contributed by atoms with E-state index >= 15 is 0 Å². The molecule has 2 aliphatic heterocycles. The van der Waals surface area contributed by atoms with Crippen molar-refractivity contribution in [2.24, 2.45) is 0 Å². The Hall–Kier alpha value is -1.34. The zero-order chi connectivity index (χ0) is 14.4. The molecule has 0 saturated carbocycles. The van der Waals surface area contributed by atoms with Crippen molar-refractivity contribution < 1.29 is 24.2 Å². The minimum atomic E-state index is -1.03. The first-order valence-electron chi connectivity index (χ1n) is 7.15. The van der Waals surface area contributed by atoms with Gasteiger partial charge in [0.15, 0.2) is 6.04 Å². The highest BCUT2D eigenvalue weighted by atomic mass is 16.5. The molecule has 0 radical (unpaired) electrons. The van der Waals surface area contributed by atoms with E-state index in [4.69, 9.17) is 14.6 Å². The van der Waals surface area contributed by atoms with Crippen LogP contribution in [0.15, 0.2) is 0 Å². The number of nitrogens with one attached hydrogen (secondary N) is 1. The summed E-state index contributed by atoms with van der Waals surface area (Å²) in [6.45, 7) is 2.04. The smallest absolute Gasteiger partial charge is 0.328 e. The largest absolute Gasteiger partial charge is 0.480 e. The predicted octanol–water partition coefficient (Wildman–Crippen LogP) is 0.441. The van der Waals surface area contributed by atoms with Crippen molar-refractivity contribution >= 4 is 12.0 Å². The fourth-order valence-electron chi connectivity index (χ4n) is 2.53. The van der Waals surface area contributed by atoms with Crippen LogP contribution in [0.25, 0.3) is 0 Å². The molecule has 0 aliphatic carbocycles. The monoisotopic (exact) mass is 286 g/mol. The summed E-state index contributed by atoms with van der Waals surface area (Å²) < 4.78 is 10.7. The molecule has 0 aromatic heterocycles. The standard InChI is InChI=1S/C13H22N2O5/c16-12(17)11-9-19-8-6-15(11)13(18)14-5-4-10-3-1-2-7-20-10/h10-11H,1-9H2,(H,14,18)(H,16,17). The van der Waals surface area contributed by atoms with Gasteiger partial charge in [-0.3, -0.25) is 0 Å². The summed E-state index contributed by atoms with van der Waals surface area (Å²) in [4.78, 5) is 24.4. The van der Waals surface area contributed by atoms with Crippen LogP contribution in [-0.2, 0) is 14.3 Å². The molecule has 20 heavy (non-hydrogen) atoms. The van der Waals surface area contributed by atoms with Gasteiger partial charge in [-0.25, -0.2) is 9.59 Å². The van der Waals surface area contributed by atoms with Gasteiger partial charge in [0.2, 0.25) is 0 Å². The van der Waals surface area contributed by atoms with Crippen molar-refractivity contribution in [2.75, 3.05) is 32.9 Å². The number of urea groups is 1. The highest BCUT2D eigenvalue weighted by Gasteiger charge is 2.32. The third-order valence-corrected chi connectivity index (χ3v) is 3.69. The Morgan fingerprint density at radius 2 is 2.15 bits per heavy atom. The van der Waals surface area contributed by atoms with E-state index < -0.39 is 12.0 Å². The second kappa shape index (κ2) is 7.44. The second-order valence-corrected chi connectivity index (χ2v) is 5.13. The average molecular weight is 286 g/mol. The third-order valence-electron chi connectivity index (χ3n) is 3.69. The van der Waals surface area contributed by atoms with Crippen molar-refractivity contribution in [1.29, 1.82) is 0 Å². The number of rotatable bonds is 4. The van der Waals surface area contributed by atoms with Crippen molar-refractivity contribution in [1.82, 2.24) is 10.2 Å². The van der Waals surface area contributed by atoms with Crippen LogP contribution < -0.4 is 5.32 Å². The predicted molar refractivity (Wildman–Crippen MR) is 70.6 cm³/mol. The molecule has 0 aromatic carbocycles. The summed E-state index contributed by atoms with van der Waals surface area (Å²) in [5, 5.41) is 11.8. The molecule has 7 nitrogen and oxygen atoms in total. The fraction of sp³-hybridized carbons (Fsp3) is 0.846. The van der Waals surface area contributed by atoms with Gasteiger partial charge in [-0.2, -0.15) is 0 Å². The van der Waals surface area contributed by atoms with Gasteiger partial charge in [-0.05, 0) is 25.7 Å². The zero-order valence-electron chi connectivity index (χ0n) is 11.5. The molecule has 2 heterocycles. The number of ether oxygens (including phenoxy) is 2. The second-order valence-electron chi connectivity index (χ2n) is 5.13. The zero-order valence-corrected chi connectivity index (χ0v) is 11.5. The summed E-state index contributed by atoms with van der Waals surface area (Å²) >= 11 is 0. The number of nitrogens with zero attached hydrogens (tertiary/aromatic N) is 1. The van der Waals surface area contributed by atoms with Crippen LogP contribution >= 0.6 is 0 Å².